The summed E-state index contributed by atoms with van der Waals surface area (Å²) in [5, 5.41) is 10.2. The molecule has 1 aliphatic heterocycles. The van der Waals surface area contributed by atoms with Crippen LogP contribution in [0, 0.1) is 0 Å². The van der Waals surface area contributed by atoms with E-state index in [1.165, 1.54) is 26.2 Å². The quantitative estimate of drug-likeness (QED) is 0.799. The van der Waals surface area contributed by atoms with Gasteiger partial charge in [-0.3, -0.25) is 4.90 Å². The number of nitrogens with zero attached hydrogens (tertiary/aromatic N) is 2. The molecule has 1 aromatic carbocycles. The molecule has 1 heterocycles. The van der Waals surface area contributed by atoms with Crippen LogP contribution in [0.5, 0.6) is 0 Å². The lowest BCUT2D eigenvalue weighted by molar-refractivity contribution is -0.137. The highest BCUT2D eigenvalue weighted by molar-refractivity contribution is 7.87. The van der Waals surface area contributed by atoms with E-state index in [1.54, 1.807) is 0 Å². The fraction of sp³-hybridized carbons (Fsp3) is 0.600. The van der Waals surface area contributed by atoms with Gasteiger partial charge >= 0.3 is 6.18 Å². The first-order valence-electron chi connectivity index (χ1n) is 7.75. The highest BCUT2D eigenvalue weighted by Gasteiger charge is 2.32. The normalized spacial score (nSPS) is 23.2. The maximum Gasteiger partial charge on any atom is 0.416 e. The Morgan fingerprint density at radius 1 is 1.28 bits per heavy atom. The number of benzene rings is 1. The first kappa shape index (κ1) is 20.1. The number of aliphatic hydroxyl groups excluding tert-OH is 1. The van der Waals surface area contributed by atoms with Gasteiger partial charge in [0.05, 0.1) is 17.7 Å². The fourth-order valence-corrected chi connectivity index (χ4v) is 3.50. The number of aliphatic hydroxyl groups is 1. The largest absolute Gasteiger partial charge is 0.416 e. The molecule has 1 saturated heterocycles. The van der Waals surface area contributed by atoms with E-state index in [0.717, 1.165) is 16.4 Å². The lowest BCUT2D eigenvalue weighted by Gasteiger charge is -2.36. The standard InChI is InChI=1S/C15H22F3N3O3S/c1-20(2)25(23,24)19-13-7-8-21(10-14(13)22)9-11-3-5-12(6-4-11)15(16,17)18/h3-6,13-14,19,22H,7-10H2,1-2H3/t13-,14-/m1/s1. The van der Waals surface area contributed by atoms with Gasteiger partial charge in [-0.15, -0.1) is 0 Å². The minimum atomic E-state index is -4.36. The molecule has 0 radical (unpaired) electrons. The summed E-state index contributed by atoms with van der Waals surface area (Å²) < 4.78 is 64.8. The van der Waals surface area contributed by atoms with E-state index in [-0.39, 0.29) is 6.54 Å². The van der Waals surface area contributed by atoms with Gasteiger partial charge in [0.1, 0.15) is 0 Å². The maximum absolute atomic E-state index is 12.6. The van der Waals surface area contributed by atoms with Crippen molar-refractivity contribution in [1.29, 1.82) is 0 Å². The molecule has 1 fully saturated rings. The third-order valence-electron chi connectivity index (χ3n) is 4.13. The van der Waals surface area contributed by atoms with Gasteiger partial charge in [0.25, 0.3) is 10.2 Å². The molecular formula is C15H22F3N3O3S. The zero-order chi connectivity index (χ0) is 18.8. The predicted octanol–water partition coefficient (Wildman–Crippen LogP) is 1.04. The van der Waals surface area contributed by atoms with Gasteiger partial charge in [-0.1, -0.05) is 12.1 Å². The molecule has 0 bridgehead atoms. The molecule has 10 heteroatoms. The van der Waals surface area contributed by atoms with Crippen molar-refractivity contribution in [1.82, 2.24) is 13.9 Å². The first-order chi connectivity index (χ1) is 11.5. The van der Waals surface area contributed by atoms with E-state index in [0.29, 0.717) is 25.1 Å². The summed E-state index contributed by atoms with van der Waals surface area (Å²) in [4.78, 5) is 1.88. The SMILES string of the molecule is CN(C)S(=O)(=O)N[C@@H]1CCN(Cc2ccc(C(F)(F)F)cc2)C[C@H]1O. The monoisotopic (exact) mass is 381 g/mol. The zero-order valence-corrected chi connectivity index (χ0v) is 14.8. The summed E-state index contributed by atoms with van der Waals surface area (Å²) in [5.41, 5.74) is 0.000562. The Kier molecular flexibility index (Phi) is 6.10. The van der Waals surface area contributed by atoms with E-state index in [4.69, 9.17) is 0 Å². The van der Waals surface area contributed by atoms with Crippen molar-refractivity contribution in [3.8, 4) is 0 Å². The average Bonchev–Trinajstić information content (AvgIpc) is 2.49. The number of β-amino-alcohol motifs (C(OH)–C–C–N with tert-alkyl or cyclic N) is 1. The van der Waals surface area contributed by atoms with Crippen LogP contribution in [-0.2, 0) is 22.9 Å². The number of rotatable bonds is 5. The number of hydrogen-bond acceptors (Lipinski definition) is 4. The molecule has 2 atom stereocenters. The first-order valence-corrected chi connectivity index (χ1v) is 9.19. The van der Waals surface area contributed by atoms with Gasteiger partial charge in [-0.05, 0) is 24.1 Å². The van der Waals surface area contributed by atoms with Crippen LogP contribution in [0.25, 0.3) is 0 Å². The fourth-order valence-electron chi connectivity index (χ4n) is 2.63. The van der Waals surface area contributed by atoms with Crippen LogP contribution in [0.3, 0.4) is 0 Å². The Morgan fingerprint density at radius 2 is 1.88 bits per heavy atom. The highest BCUT2D eigenvalue weighted by atomic mass is 32.2. The molecule has 6 nitrogen and oxygen atoms in total. The van der Waals surface area contributed by atoms with Crippen molar-refractivity contribution in [2.45, 2.75) is 31.3 Å². The van der Waals surface area contributed by atoms with E-state index in [2.05, 4.69) is 4.72 Å². The second-order valence-electron chi connectivity index (χ2n) is 6.30. The van der Waals surface area contributed by atoms with Crippen LogP contribution in [-0.4, -0.2) is 62.1 Å². The molecule has 0 saturated carbocycles. The lowest BCUT2D eigenvalue weighted by Crippen LogP contribution is -2.55. The number of likely N-dealkylation sites (tertiary alicyclic amines) is 1. The van der Waals surface area contributed by atoms with Gasteiger partial charge in [-0.2, -0.15) is 30.6 Å². The number of nitrogens with one attached hydrogen (secondary N) is 1. The summed E-state index contributed by atoms with van der Waals surface area (Å²) in [6, 6.07) is 4.30. The van der Waals surface area contributed by atoms with Crippen LogP contribution >= 0.6 is 0 Å². The number of hydrogen-bond donors (Lipinski definition) is 2. The molecule has 0 aliphatic carbocycles. The van der Waals surface area contributed by atoms with Crippen molar-refractivity contribution in [2.75, 3.05) is 27.2 Å². The summed E-state index contributed by atoms with van der Waals surface area (Å²) in [7, 11) is -0.833. The Labute approximate surface area is 145 Å². The van der Waals surface area contributed by atoms with E-state index < -0.39 is 34.1 Å². The van der Waals surface area contributed by atoms with Crippen LogP contribution in [0.2, 0.25) is 0 Å². The van der Waals surface area contributed by atoms with Gasteiger partial charge in [0, 0.05) is 33.7 Å². The van der Waals surface area contributed by atoms with Crippen LogP contribution in [0.1, 0.15) is 17.5 Å². The minimum Gasteiger partial charge on any atom is -0.390 e. The summed E-state index contributed by atoms with van der Waals surface area (Å²) in [6.07, 6.45) is -4.84. The molecule has 2 N–H and O–H groups in total. The Balaban J connectivity index is 1.93. The van der Waals surface area contributed by atoms with Crippen molar-refractivity contribution in [3.05, 3.63) is 35.4 Å². The van der Waals surface area contributed by atoms with Gasteiger partial charge in [0.15, 0.2) is 0 Å². The molecule has 25 heavy (non-hydrogen) atoms. The van der Waals surface area contributed by atoms with Crippen LogP contribution < -0.4 is 4.72 Å². The third kappa shape index (κ3) is 5.38. The average molecular weight is 381 g/mol. The minimum absolute atomic E-state index is 0.238. The maximum atomic E-state index is 12.6. The molecule has 142 valence electrons. The van der Waals surface area contributed by atoms with Crippen molar-refractivity contribution >= 4 is 10.2 Å². The van der Waals surface area contributed by atoms with Gasteiger partial charge in [0.2, 0.25) is 0 Å². The highest BCUT2D eigenvalue weighted by Crippen LogP contribution is 2.29. The second kappa shape index (κ2) is 7.58. The molecule has 0 spiro atoms. The Morgan fingerprint density at radius 3 is 2.36 bits per heavy atom. The van der Waals surface area contributed by atoms with Crippen molar-refractivity contribution in [3.63, 3.8) is 0 Å². The Bertz CT molecular complexity index is 678. The van der Waals surface area contributed by atoms with Crippen molar-refractivity contribution < 1.29 is 26.7 Å². The topological polar surface area (TPSA) is 72.9 Å². The molecule has 0 amide bonds. The van der Waals surface area contributed by atoms with Gasteiger partial charge in [-0.25, -0.2) is 0 Å². The summed E-state index contributed by atoms with van der Waals surface area (Å²) in [5.74, 6) is 0. The molecule has 0 unspecified atom stereocenters. The van der Waals surface area contributed by atoms with E-state index >= 15 is 0 Å². The van der Waals surface area contributed by atoms with Crippen molar-refractivity contribution in [2.24, 2.45) is 0 Å². The summed E-state index contributed by atoms with van der Waals surface area (Å²) >= 11 is 0. The molecular weight excluding hydrogens is 359 g/mol. The van der Waals surface area contributed by atoms with E-state index in [9.17, 15) is 26.7 Å². The smallest absolute Gasteiger partial charge is 0.390 e. The second-order valence-corrected chi connectivity index (χ2v) is 8.21. The zero-order valence-electron chi connectivity index (χ0n) is 14.0. The third-order valence-corrected chi connectivity index (χ3v) is 5.70. The lowest BCUT2D eigenvalue weighted by atomic mass is 10.0. The van der Waals surface area contributed by atoms with Gasteiger partial charge < -0.3 is 5.11 Å². The van der Waals surface area contributed by atoms with E-state index in [1.807, 2.05) is 4.90 Å². The predicted molar refractivity (Wildman–Crippen MR) is 86.9 cm³/mol. The molecule has 2 rings (SSSR count). The number of halogens is 3. The Hall–Kier alpha value is -1.20. The number of piperidine rings is 1. The summed E-state index contributed by atoms with van der Waals surface area (Å²) in [6.45, 7) is 1.16. The molecule has 1 aliphatic rings. The molecule has 1 aromatic rings. The van der Waals surface area contributed by atoms with Crippen LogP contribution in [0.15, 0.2) is 24.3 Å². The number of alkyl halides is 3. The molecule has 0 aromatic heterocycles. The van der Waals surface area contributed by atoms with Crippen LogP contribution in [0.4, 0.5) is 13.2 Å².